The zero-order valence-corrected chi connectivity index (χ0v) is 20.4. The number of allylic oxidation sites excluding steroid dienone is 1. The largest absolute Gasteiger partial charge is 0.404 e. The fourth-order valence-electron chi connectivity index (χ4n) is 5.09. The minimum absolute atomic E-state index is 0.275. The van der Waals surface area contributed by atoms with E-state index >= 15 is 0 Å². The first-order valence-electron chi connectivity index (χ1n) is 12.0. The number of nitrogens with two attached hydrogens (primary N) is 1. The van der Waals surface area contributed by atoms with Crippen molar-refractivity contribution in [3.63, 3.8) is 0 Å². The lowest BCUT2D eigenvalue weighted by molar-refractivity contribution is 0.170. The summed E-state index contributed by atoms with van der Waals surface area (Å²) in [6.07, 6.45) is 8.22. The van der Waals surface area contributed by atoms with Crippen molar-refractivity contribution in [1.29, 1.82) is 5.26 Å². The highest BCUT2D eigenvalue weighted by Gasteiger charge is 2.29. The molecule has 2 atom stereocenters. The third kappa shape index (κ3) is 4.96. The van der Waals surface area contributed by atoms with Crippen LogP contribution in [0.2, 0.25) is 0 Å². The van der Waals surface area contributed by atoms with Crippen LogP contribution in [0.4, 0.5) is 5.82 Å². The van der Waals surface area contributed by atoms with E-state index in [0.717, 1.165) is 50.0 Å². The van der Waals surface area contributed by atoms with E-state index in [1.165, 1.54) is 27.8 Å². The number of benzene rings is 1. The highest BCUT2D eigenvalue weighted by atomic mass is 15.2. The average molecular weight is 455 g/mol. The Morgan fingerprint density at radius 2 is 2.18 bits per heavy atom. The van der Waals surface area contributed by atoms with Gasteiger partial charge in [0.05, 0.1) is 5.56 Å². The topological polar surface area (TPSA) is 90.3 Å². The molecule has 0 radical (unpaired) electrons. The molecule has 2 aliphatic rings. The Morgan fingerprint density at radius 3 is 2.88 bits per heavy atom. The summed E-state index contributed by atoms with van der Waals surface area (Å²) in [5, 5.41) is 13.0. The van der Waals surface area contributed by atoms with E-state index < -0.39 is 0 Å². The molecule has 3 N–H and O–H groups in total. The van der Waals surface area contributed by atoms with Gasteiger partial charge in [-0.1, -0.05) is 25.6 Å². The van der Waals surface area contributed by atoms with Gasteiger partial charge in [0.1, 0.15) is 6.07 Å². The SMILES string of the molecule is C=C1CCc2c1ccc(C1CN(CC(C=Nc3cc(C)c(C#N)cn3)=CN)CC(CC)N1)c2C. The van der Waals surface area contributed by atoms with Crippen LogP contribution in [0.3, 0.4) is 0 Å². The monoisotopic (exact) mass is 454 g/mol. The van der Waals surface area contributed by atoms with Gasteiger partial charge in [-0.25, -0.2) is 9.98 Å². The second-order valence-electron chi connectivity index (χ2n) is 9.40. The zero-order chi connectivity index (χ0) is 24.2. The molecule has 1 aliphatic carbocycles. The van der Waals surface area contributed by atoms with E-state index in [2.05, 4.69) is 58.8 Å². The smallest absolute Gasteiger partial charge is 0.152 e. The molecule has 176 valence electrons. The summed E-state index contributed by atoms with van der Waals surface area (Å²) < 4.78 is 0. The Hall–Kier alpha value is -3.27. The molecule has 1 fully saturated rings. The number of aryl methyl sites for hydroxylation is 1. The number of nitrogens with one attached hydrogen (secondary N) is 1. The number of aromatic nitrogens is 1. The van der Waals surface area contributed by atoms with Gasteiger partial charge in [-0.15, -0.1) is 0 Å². The molecule has 4 rings (SSSR count). The first-order chi connectivity index (χ1) is 16.4. The molecule has 6 heteroatoms. The molecule has 0 bridgehead atoms. The van der Waals surface area contributed by atoms with Gasteiger partial charge in [-0.2, -0.15) is 5.26 Å². The van der Waals surface area contributed by atoms with Crippen LogP contribution in [-0.2, 0) is 6.42 Å². The summed E-state index contributed by atoms with van der Waals surface area (Å²) in [5.41, 5.74) is 15.2. The van der Waals surface area contributed by atoms with Crippen molar-refractivity contribution < 1.29 is 0 Å². The van der Waals surface area contributed by atoms with Gasteiger partial charge in [0.2, 0.25) is 0 Å². The van der Waals surface area contributed by atoms with Gasteiger partial charge >= 0.3 is 0 Å². The Kier molecular flexibility index (Phi) is 7.26. The molecule has 2 aromatic rings. The van der Waals surface area contributed by atoms with Crippen molar-refractivity contribution in [2.75, 3.05) is 19.6 Å². The van der Waals surface area contributed by atoms with Gasteiger partial charge in [-0.3, -0.25) is 4.90 Å². The number of hydrogen-bond donors (Lipinski definition) is 2. The van der Waals surface area contributed by atoms with Crippen LogP contribution in [-0.4, -0.2) is 41.8 Å². The standard InChI is InChI=1S/C28H34N6/c1-5-23-16-34(15-21(11-29)13-31-28-10-19(3)22(12-30)14-32-28)17-27(33-23)26-9-8-24-18(2)6-7-25(24)20(26)4/h8-11,13-14,23,27,33H,2,5-7,15-17,29H2,1,3-4H3. The van der Waals surface area contributed by atoms with Crippen molar-refractivity contribution in [1.82, 2.24) is 15.2 Å². The number of piperazine rings is 1. The molecule has 1 aromatic carbocycles. The summed E-state index contributed by atoms with van der Waals surface area (Å²) in [4.78, 5) is 11.2. The van der Waals surface area contributed by atoms with Crippen LogP contribution in [0.25, 0.3) is 5.57 Å². The van der Waals surface area contributed by atoms with Crippen molar-refractivity contribution >= 4 is 17.6 Å². The summed E-state index contributed by atoms with van der Waals surface area (Å²) in [6.45, 7) is 13.2. The molecule has 1 aromatic heterocycles. The summed E-state index contributed by atoms with van der Waals surface area (Å²) in [6, 6.07) is 9.20. The zero-order valence-electron chi connectivity index (χ0n) is 20.4. The van der Waals surface area contributed by atoms with Crippen LogP contribution in [0.15, 0.2) is 47.7 Å². The number of hydrogen-bond acceptors (Lipinski definition) is 6. The summed E-state index contributed by atoms with van der Waals surface area (Å²) in [5.74, 6) is 0.579. The third-order valence-corrected chi connectivity index (χ3v) is 7.12. The minimum atomic E-state index is 0.275. The molecule has 1 aliphatic heterocycles. The molecule has 0 amide bonds. The fraction of sp³-hybridized carbons (Fsp3) is 0.393. The van der Waals surface area contributed by atoms with E-state index in [4.69, 9.17) is 11.0 Å². The first kappa shape index (κ1) is 23.9. The minimum Gasteiger partial charge on any atom is -0.404 e. The lowest BCUT2D eigenvalue weighted by Crippen LogP contribution is -2.52. The van der Waals surface area contributed by atoms with Crippen LogP contribution in [0.1, 0.15) is 59.2 Å². The maximum Gasteiger partial charge on any atom is 0.152 e. The first-order valence-corrected chi connectivity index (χ1v) is 12.0. The maximum absolute atomic E-state index is 9.10. The highest BCUT2D eigenvalue weighted by Crippen LogP contribution is 2.36. The normalized spacial score (nSPS) is 21.1. The lowest BCUT2D eigenvalue weighted by Gasteiger charge is -2.40. The maximum atomic E-state index is 9.10. The summed E-state index contributed by atoms with van der Waals surface area (Å²) in [7, 11) is 0. The number of nitrogens with zero attached hydrogens (tertiary/aromatic N) is 4. The molecular weight excluding hydrogens is 420 g/mol. The Bertz CT molecular complexity index is 1190. The van der Waals surface area contributed by atoms with Crippen molar-refractivity contribution in [2.45, 2.75) is 52.1 Å². The van der Waals surface area contributed by atoms with Crippen LogP contribution >= 0.6 is 0 Å². The quantitative estimate of drug-likeness (QED) is 0.627. The van der Waals surface area contributed by atoms with E-state index in [9.17, 15) is 0 Å². The second kappa shape index (κ2) is 10.3. The third-order valence-electron chi connectivity index (χ3n) is 7.12. The molecule has 2 unspecified atom stereocenters. The molecular formula is C28H34N6. The van der Waals surface area contributed by atoms with Gasteiger partial charge < -0.3 is 11.1 Å². The van der Waals surface area contributed by atoms with Gasteiger partial charge in [0, 0.05) is 44.1 Å². The molecule has 2 heterocycles. The number of nitriles is 1. The van der Waals surface area contributed by atoms with E-state index in [0.29, 0.717) is 17.4 Å². The number of rotatable bonds is 6. The van der Waals surface area contributed by atoms with Crippen LogP contribution in [0.5, 0.6) is 0 Å². The summed E-state index contributed by atoms with van der Waals surface area (Å²) >= 11 is 0. The Morgan fingerprint density at radius 1 is 1.35 bits per heavy atom. The predicted octanol–water partition coefficient (Wildman–Crippen LogP) is 4.50. The lowest BCUT2D eigenvalue weighted by atomic mass is 9.91. The Balaban J connectivity index is 1.50. The van der Waals surface area contributed by atoms with Crippen molar-refractivity contribution in [3.05, 3.63) is 76.1 Å². The van der Waals surface area contributed by atoms with E-state index in [1.54, 1.807) is 18.6 Å². The second-order valence-corrected chi connectivity index (χ2v) is 9.40. The van der Waals surface area contributed by atoms with Gasteiger partial charge in [0.15, 0.2) is 5.82 Å². The van der Waals surface area contributed by atoms with Gasteiger partial charge in [0.25, 0.3) is 0 Å². The van der Waals surface area contributed by atoms with Crippen LogP contribution < -0.4 is 11.1 Å². The van der Waals surface area contributed by atoms with Crippen molar-refractivity contribution in [2.24, 2.45) is 10.7 Å². The number of pyridine rings is 1. The predicted molar refractivity (Wildman–Crippen MR) is 139 cm³/mol. The van der Waals surface area contributed by atoms with Crippen molar-refractivity contribution in [3.8, 4) is 6.07 Å². The molecule has 1 saturated heterocycles. The van der Waals surface area contributed by atoms with E-state index in [1.807, 2.05) is 13.0 Å². The van der Waals surface area contributed by atoms with Crippen LogP contribution in [0, 0.1) is 25.2 Å². The van der Waals surface area contributed by atoms with E-state index in [-0.39, 0.29) is 6.04 Å². The highest BCUT2D eigenvalue weighted by molar-refractivity contribution is 5.81. The number of fused-ring (bicyclic) bond motifs is 1. The average Bonchev–Trinajstić information content (AvgIpc) is 3.23. The molecule has 0 saturated carbocycles. The number of aliphatic imine (C=N–C) groups is 1. The molecule has 0 spiro atoms. The Labute approximate surface area is 202 Å². The van der Waals surface area contributed by atoms with Gasteiger partial charge in [-0.05, 0) is 84.3 Å². The molecule has 34 heavy (non-hydrogen) atoms. The molecule has 6 nitrogen and oxygen atoms in total. The fourth-order valence-corrected chi connectivity index (χ4v) is 5.09.